The van der Waals surface area contributed by atoms with Crippen LogP contribution in [0, 0.1) is 5.92 Å². The molecule has 216 valence electrons. The number of carboxylic acid groups (broad SMARTS) is 1. The lowest BCUT2D eigenvalue weighted by molar-refractivity contribution is -0.151. The van der Waals surface area contributed by atoms with E-state index in [2.05, 4.69) is 10.6 Å². The zero-order chi connectivity index (χ0) is 29.7. The normalized spacial score (nSPS) is 13.8. The summed E-state index contributed by atoms with van der Waals surface area (Å²) in [6.45, 7) is 3.46. The molecular weight excluding hydrogens is 528 g/mol. The van der Waals surface area contributed by atoms with Crippen LogP contribution in [0.5, 0.6) is 0 Å². The third-order valence-corrected chi connectivity index (χ3v) is 6.15. The van der Waals surface area contributed by atoms with Crippen LogP contribution in [-0.2, 0) is 36.9 Å². The van der Waals surface area contributed by atoms with Gasteiger partial charge >= 0.3 is 12.1 Å². The molecule has 0 aromatic heterocycles. The summed E-state index contributed by atoms with van der Waals surface area (Å²) in [4.78, 5) is 62.0. The molecule has 2 rings (SSSR count). The lowest BCUT2D eigenvalue weighted by atomic mass is 9.97. The van der Waals surface area contributed by atoms with E-state index in [1.165, 1.54) is 0 Å². The fourth-order valence-electron chi connectivity index (χ4n) is 3.75. The van der Waals surface area contributed by atoms with Gasteiger partial charge in [-0.3, -0.25) is 14.4 Å². The molecule has 0 spiro atoms. The lowest BCUT2D eigenvalue weighted by Gasteiger charge is -2.27. The highest BCUT2D eigenvalue weighted by Gasteiger charge is 2.34. The summed E-state index contributed by atoms with van der Waals surface area (Å²) < 4.78 is 31.3. The molecule has 40 heavy (non-hydrogen) atoms. The number of carboxylic acids is 1. The fourth-order valence-corrected chi connectivity index (χ4v) is 3.75. The number of nitrogens with one attached hydrogen (secondary N) is 3. The molecule has 0 saturated heterocycles. The Labute approximate surface area is 230 Å². The van der Waals surface area contributed by atoms with Crippen molar-refractivity contribution in [2.45, 2.75) is 64.3 Å². The SMILES string of the molecule is CCC(C)C(NC(=O)OCc1ccccc1)C(=O)NC(Cc1ccccc1)C(=O)NC(CC(F)F)C(=O)C(=O)O. The minimum Gasteiger partial charge on any atom is -0.475 e. The topological polar surface area (TPSA) is 151 Å². The molecule has 0 aliphatic heterocycles. The first-order valence-electron chi connectivity index (χ1n) is 12.7. The highest BCUT2D eigenvalue weighted by atomic mass is 19.3. The van der Waals surface area contributed by atoms with Crippen LogP contribution < -0.4 is 16.0 Å². The van der Waals surface area contributed by atoms with Crippen molar-refractivity contribution in [1.82, 2.24) is 16.0 Å². The Morgan fingerprint density at radius 3 is 1.90 bits per heavy atom. The molecule has 0 bridgehead atoms. The third-order valence-electron chi connectivity index (χ3n) is 6.15. The predicted octanol–water partition coefficient (Wildman–Crippen LogP) is 2.85. The molecule has 0 heterocycles. The number of hydrogen-bond acceptors (Lipinski definition) is 6. The number of hydrogen-bond donors (Lipinski definition) is 4. The average molecular weight is 562 g/mol. The van der Waals surface area contributed by atoms with Crippen molar-refractivity contribution in [3.63, 3.8) is 0 Å². The van der Waals surface area contributed by atoms with E-state index in [1.54, 1.807) is 68.4 Å². The number of ether oxygens (including phenoxy) is 1. The lowest BCUT2D eigenvalue weighted by Crippen LogP contribution is -2.58. The van der Waals surface area contributed by atoms with Crippen LogP contribution in [0.15, 0.2) is 60.7 Å². The standard InChI is InChI=1S/C28H33F2N3O7/c1-3-17(2)23(33-28(39)40-16-19-12-8-5-9-13-19)26(36)32-21(14-18-10-6-4-7-11-18)25(35)31-20(15-22(29)30)24(34)27(37)38/h4-13,17,20-23H,3,14-16H2,1-2H3,(H,31,35)(H,32,36)(H,33,39)(H,37,38). The van der Waals surface area contributed by atoms with Crippen LogP contribution in [-0.4, -0.2) is 59.3 Å². The highest BCUT2D eigenvalue weighted by Crippen LogP contribution is 2.12. The summed E-state index contributed by atoms with van der Waals surface area (Å²) in [5.74, 6) is -5.78. The second-order valence-electron chi connectivity index (χ2n) is 9.18. The molecule has 0 aliphatic rings. The summed E-state index contributed by atoms with van der Waals surface area (Å²) in [6.07, 6.45) is -4.79. The number of Topliss-reactive ketones (excluding diaryl/α,β-unsaturated/α-hetero) is 1. The Bertz CT molecular complexity index is 1150. The van der Waals surface area contributed by atoms with Crippen molar-refractivity contribution < 1.29 is 42.6 Å². The van der Waals surface area contributed by atoms with E-state index in [4.69, 9.17) is 9.84 Å². The van der Waals surface area contributed by atoms with Gasteiger partial charge in [0.15, 0.2) is 0 Å². The van der Waals surface area contributed by atoms with E-state index in [1.807, 2.05) is 11.4 Å². The van der Waals surface area contributed by atoms with E-state index in [-0.39, 0.29) is 13.0 Å². The van der Waals surface area contributed by atoms with Gasteiger partial charge in [-0.1, -0.05) is 80.9 Å². The van der Waals surface area contributed by atoms with Gasteiger partial charge in [-0.15, -0.1) is 0 Å². The van der Waals surface area contributed by atoms with Crippen molar-refractivity contribution in [2.24, 2.45) is 5.92 Å². The van der Waals surface area contributed by atoms with Crippen LogP contribution >= 0.6 is 0 Å². The number of ketones is 1. The highest BCUT2D eigenvalue weighted by molar-refractivity contribution is 6.35. The monoisotopic (exact) mass is 561 g/mol. The number of rotatable bonds is 15. The molecule has 0 saturated carbocycles. The van der Waals surface area contributed by atoms with Crippen molar-refractivity contribution in [2.75, 3.05) is 0 Å². The minimum atomic E-state index is -3.07. The summed E-state index contributed by atoms with van der Waals surface area (Å²) in [5.41, 5.74) is 1.32. The zero-order valence-electron chi connectivity index (χ0n) is 22.1. The Morgan fingerprint density at radius 1 is 0.825 bits per heavy atom. The number of carbonyl (C=O) groups excluding carboxylic acids is 4. The molecule has 0 radical (unpaired) electrons. The number of amides is 3. The second kappa shape index (κ2) is 15.9. The summed E-state index contributed by atoms with van der Waals surface area (Å²) in [7, 11) is 0. The average Bonchev–Trinajstić information content (AvgIpc) is 2.93. The number of carbonyl (C=O) groups is 5. The van der Waals surface area contributed by atoms with E-state index in [0.717, 1.165) is 5.56 Å². The van der Waals surface area contributed by atoms with Gasteiger partial charge in [0.25, 0.3) is 5.78 Å². The first-order valence-corrected chi connectivity index (χ1v) is 12.7. The Kier molecular flexibility index (Phi) is 12.7. The van der Waals surface area contributed by atoms with Crippen LogP contribution in [0.4, 0.5) is 13.6 Å². The Morgan fingerprint density at radius 2 is 1.38 bits per heavy atom. The van der Waals surface area contributed by atoms with E-state index in [0.29, 0.717) is 12.0 Å². The summed E-state index contributed by atoms with van der Waals surface area (Å²) >= 11 is 0. The number of benzene rings is 2. The fraction of sp³-hybridized carbons (Fsp3) is 0.393. The Balaban J connectivity index is 2.22. The maximum atomic E-state index is 13.3. The molecule has 2 aromatic carbocycles. The Hall–Kier alpha value is -4.35. The van der Waals surface area contributed by atoms with E-state index in [9.17, 15) is 32.8 Å². The van der Waals surface area contributed by atoms with Crippen molar-refractivity contribution in [3.8, 4) is 0 Å². The van der Waals surface area contributed by atoms with Crippen LogP contribution in [0.25, 0.3) is 0 Å². The number of halogens is 2. The first-order chi connectivity index (χ1) is 19.0. The molecule has 4 unspecified atom stereocenters. The van der Waals surface area contributed by atoms with Crippen molar-refractivity contribution in [3.05, 3.63) is 71.8 Å². The van der Waals surface area contributed by atoms with Crippen molar-refractivity contribution in [1.29, 1.82) is 0 Å². The van der Waals surface area contributed by atoms with Gasteiger partial charge in [-0.25, -0.2) is 18.4 Å². The van der Waals surface area contributed by atoms with E-state index >= 15 is 0 Å². The van der Waals surface area contributed by atoms with Gasteiger partial charge in [0.1, 0.15) is 24.7 Å². The van der Waals surface area contributed by atoms with Gasteiger partial charge in [0.2, 0.25) is 18.2 Å². The predicted molar refractivity (Wildman–Crippen MR) is 140 cm³/mol. The van der Waals surface area contributed by atoms with Gasteiger partial charge in [-0.2, -0.15) is 0 Å². The second-order valence-corrected chi connectivity index (χ2v) is 9.18. The summed E-state index contributed by atoms with van der Waals surface area (Å²) in [6, 6.07) is 12.8. The summed E-state index contributed by atoms with van der Waals surface area (Å²) in [5, 5.41) is 16.1. The third kappa shape index (κ3) is 10.4. The van der Waals surface area contributed by atoms with E-state index < -0.39 is 66.5 Å². The van der Waals surface area contributed by atoms with Crippen LogP contribution in [0.1, 0.15) is 37.8 Å². The first kappa shape index (κ1) is 31.9. The molecule has 0 aliphatic carbocycles. The van der Waals surface area contributed by atoms with Gasteiger partial charge in [0, 0.05) is 12.8 Å². The molecule has 4 atom stereocenters. The molecule has 2 aromatic rings. The molecular formula is C28H33F2N3O7. The minimum absolute atomic E-state index is 0.0380. The molecule has 3 amide bonds. The number of alkyl carbamates (subject to hydrolysis) is 1. The molecule has 12 heteroatoms. The maximum Gasteiger partial charge on any atom is 0.408 e. The van der Waals surface area contributed by atoms with Crippen molar-refractivity contribution >= 4 is 29.7 Å². The van der Waals surface area contributed by atoms with Gasteiger partial charge < -0.3 is 25.8 Å². The maximum absolute atomic E-state index is 13.3. The molecule has 4 N–H and O–H groups in total. The van der Waals surface area contributed by atoms with Gasteiger partial charge in [-0.05, 0) is 17.0 Å². The van der Waals surface area contributed by atoms with Crippen LogP contribution in [0.2, 0.25) is 0 Å². The smallest absolute Gasteiger partial charge is 0.408 e. The van der Waals surface area contributed by atoms with Gasteiger partial charge in [0.05, 0.1) is 0 Å². The van der Waals surface area contributed by atoms with Crippen LogP contribution in [0.3, 0.4) is 0 Å². The molecule has 10 nitrogen and oxygen atoms in total. The number of alkyl halides is 2. The zero-order valence-corrected chi connectivity index (χ0v) is 22.1. The number of aliphatic carboxylic acids is 1. The quantitative estimate of drug-likeness (QED) is 0.244. The largest absolute Gasteiger partial charge is 0.475 e. The molecule has 0 fully saturated rings.